The second-order valence-corrected chi connectivity index (χ2v) is 3.11. The molecule has 0 aliphatic carbocycles. The summed E-state index contributed by atoms with van der Waals surface area (Å²) in [4.78, 5) is 11.8. The van der Waals surface area contributed by atoms with Gasteiger partial charge in [-0.3, -0.25) is 4.79 Å². The van der Waals surface area contributed by atoms with Crippen LogP contribution in [-0.2, 0) is 0 Å². The third kappa shape index (κ3) is 1.93. The lowest BCUT2D eigenvalue weighted by molar-refractivity contribution is 0.0994. The predicted octanol–water partition coefficient (Wildman–Crippen LogP) is 1.09. The molecular formula is C9H11NO3S. The van der Waals surface area contributed by atoms with Crippen LogP contribution in [0.25, 0.3) is 0 Å². The zero-order valence-electron chi connectivity index (χ0n) is 7.90. The molecule has 0 saturated heterocycles. The van der Waals surface area contributed by atoms with Crippen molar-refractivity contribution in [3.63, 3.8) is 0 Å². The van der Waals surface area contributed by atoms with Crippen LogP contribution in [0.1, 0.15) is 10.4 Å². The molecule has 0 bridgehead atoms. The standard InChI is InChI=1S/C9H11NO3S/c1-12-6-3-5(14)4-7(13-2)8(6)9(10)11/h3-4,14H,1-2H3,(H2,10,11). The Labute approximate surface area is 87.4 Å². The first-order valence-electron chi connectivity index (χ1n) is 3.85. The fourth-order valence-electron chi connectivity index (χ4n) is 1.14. The van der Waals surface area contributed by atoms with Crippen molar-refractivity contribution in [2.45, 2.75) is 4.90 Å². The molecule has 1 aromatic rings. The number of hydrogen-bond donors (Lipinski definition) is 2. The van der Waals surface area contributed by atoms with Gasteiger partial charge in [0, 0.05) is 4.90 Å². The minimum atomic E-state index is -0.591. The normalized spacial score (nSPS) is 9.64. The van der Waals surface area contributed by atoms with Crippen molar-refractivity contribution in [1.29, 1.82) is 0 Å². The van der Waals surface area contributed by atoms with E-state index >= 15 is 0 Å². The summed E-state index contributed by atoms with van der Waals surface area (Å²) in [5.74, 6) is 0.135. The molecule has 0 aromatic heterocycles. The minimum Gasteiger partial charge on any atom is -0.496 e. The summed E-state index contributed by atoms with van der Waals surface area (Å²) in [6.45, 7) is 0. The van der Waals surface area contributed by atoms with Gasteiger partial charge in [0.25, 0.3) is 5.91 Å². The van der Waals surface area contributed by atoms with Crippen LogP contribution < -0.4 is 15.2 Å². The smallest absolute Gasteiger partial charge is 0.256 e. The Kier molecular flexibility index (Phi) is 3.24. The summed E-state index contributed by atoms with van der Waals surface area (Å²) in [5.41, 5.74) is 5.42. The minimum absolute atomic E-state index is 0.229. The molecule has 1 amide bonds. The number of benzene rings is 1. The largest absolute Gasteiger partial charge is 0.496 e. The fourth-order valence-corrected chi connectivity index (χ4v) is 1.38. The summed E-state index contributed by atoms with van der Waals surface area (Å²) < 4.78 is 10.0. The predicted molar refractivity (Wildman–Crippen MR) is 55.3 cm³/mol. The maximum atomic E-state index is 11.1. The van der Waals surface area contributed by atoms with Gasteiger partial charge in [-0.2, -0.15) is 0 Å². The van der Waals surface area contributed by atoms with E-state index < -0.39 is 5.91 Å². The molecule has 0 spiro atoms. The van der Waals surface area contributed by atoms with Gasteiger partial charge in [0.15, 0.2) is 0 Å². The maximum Gasteiger partial charge on any atom is 0.256 e. The van der Waals surface area contributed by atoms with Crippen LogP contribution in [0.4, 0.5) is 0 Å². The number of carbonyl (C=O) groups is 1. The molecule has 0 saturated carbocycles. The van der Waals surface area contributed by atoms with Crippen LogP contribution in [0.5, 0.6) is 11.5 Å². The van der Waals surface area contributed by atoms with Crippen LogP contribution >= 0.6 is 12.6 Å². The van der Waals surface area contributed by atoms with Crippen molar-refractivity contribution in [1.82, 2.24) is 0 Å². The molecular weight excluding hydrogens is 202 g/mol. The number of nitrogens with two attached hydrogens (primary N) is 1. The van der Waals surface area contributed by atoms with E-state index in [1.165, 1.54) is 14.2 Å². The molecule has 0 radical (unpaired) electrons. The lowest BCUT2D eigenvalue weighted by Crippen LogP contribution is -2.14. The monoisotopic (exact) mass is 213 g/mol. The molecule has 0 aliphatic rings. The van der Waals surface area contributed by atoms with Crippen molar-refractivity contribution in [3.8, 4) is 11.5 Å². The summed E-state index contributed by atoms with van der Waals surface area (Å²) in [7, 11) is 2.91. The van der Waals surface area contributed by atoms with Crippen LogP contribution in [0.15, 0.2) is 17.0 Å². The van der Waals surface area contributed by atoms with Gasteiger partial charge in [0.05, 0.1) is 14.2 Å². The van der Waals surface area contributed by atoms with Gasteiger partial charge in [0.2, 0.25) is 0 Å². The van der Waals surface area contributed by atoms with E-state index in [1.54, 1.807) is 12.1 Å². The van der Waals surface area contributed by atoms with E-state index in [-0.39, 0.29) is 5.56 Å². The van der Waals surface area contributed by atoms with Gasteiger partial charge in [-0.1, -0.05) is 0 Å². The Bertz CT molecular complexity index is 340. The van der Waals surface area contributed by atoms with Crippen LogP contribution in [0.3, 0.4) is 0 Å². The third-order valence-electron chi connectivity index (χ3n) is 1.74. The molecule has 2 N–H and O–H groups in total. The maximum absolute atomic E-state index is 11.1. The second-order valence-electron chi connectivity index (χ2n) is 2.59. The molecule has 0 heterocycles. The Morgan fingerprint density at radius 3 is 2.00 bits per heavy atom. The van der Waals surface area contributed by atoms with E-state index in [0.29, 0.717) is 16.4 Å². The van der Waals surface area contributed by atoms with Gasteiger partial charge < -0.3 is 15.2 Å². The fraction of sp³-hybridized carbons (Fsp3) is 0.222. The zero-order chi connectivity index (χ0) is 10.7. The van der Waals surface area contributed by atoms with Crippen molar-refractivity contribution < 1.29 is 14.3 Å². The molecule has 1 rings (SSSR count). The van der Waals surface area contributed by atoms with Gasteiger partial charge in [0.1, 0.15) is 17.1 Å². The van der Waals surface area contributed by atoms with E-state index in [4.69, 9.17) is 15.2 Å². The van der Waals surface area contributed by atoms with E-state index in [0.717, 1.165) is 0 Å². The van der Waals surface area contributed by atoms with Crippen molar-refractivity contribution >= 4 is 18.5 Å². The number of primary amides is 1. The average molecular weight is 213 g/mol. The number of hydrogen-bond acceptors (Lipinski definition) is 4. The van der Waals surface area contributed by atoms with Gasteiger partial charge in [-0.05, 0) is 12.1 Å². The van der Waals surface area contributed by atoms with E-state index in [2.05, 4.69) is 12.6 Å². The first-order chi connectivity index (χ1) is 6.60. The van der Waals surface area contributed by atoms with Gasteiger partial charge in [-0.15, -0.1) is 12.6 Å². The van der Waals surface area contributed by atoms with Crippen LogP contribution in [-0.4, -0.2) is 20.1 Å². The number of ether oxygens (including phenoxy) is 2. The number of thiol groups is 1. The first kappa shape index (κ1) is 10.7. The lowest BCUT2D eigenvalue weighted by atomic mass is 10.1. The highest BCUT2D eigenvalue weighted by Gasteiger charge is 2.16. The molecule has 1 aromatic carbocycles. The molecule has 4 nitrogen and oxygen atoms in total. The Balaban J connectivity index is 3.40. The van der Waals surface area contributed by atoms with Crippen molar-refractivity contribution in [2.75, 3.05) is 14.2 Å². The number of carbonyl (C=O) groups excluding carboxylic acids is 1. The lowest BCUT2D eigenvalue weighted by Gasteiger charge is -2.10. The van der Waals surface area contributed by atoms with Crippen LogP contribution in [0, 0.1) is 0 Å². The highest BCUT2D eigenvalue weighted by molar-refractivity contribution is 7.80. The Hall–Kier alpha value is -1.36. The highest BCUT2D eigenvalue weighted by atomic mass is 32.1. The molecule has 5 heteroatoms. The number of methoxy groups -OCH3 is 2. The first-order valence-corrected chi connectivity index (χ1v) is 4.29. The van der Waals surface area contributed by atoms with Gasteiger partial charge >= 0.3 is 0 Å². The second kappa shape index (κ2) is 4.23. The molecule has 0 atom stereocenters. The van der Waals surface area contributed by atoms with Crippen molar-refractivity contribution in [2.24, 2.45) is 5.73 Å². The highest BCUT2D eigenvalue weighted by Crippen LogP contribution is 2.31. The van der Waals surface area contributed by atoms with E-state index in [1.807, 2.05) is 0 Å². The molecule has 76 valence electrons. The van der Waals surface area contributed by atoms with Gasteiger partial charge in [-0.25, -0.2) is 0 Å². The quantitative estimate of drug-likeness (QED) is 0.739. The summed E-state index contributed by atoms with van der Waals surface area (Å²) in [6, 6.07) is 3.21. The number of amides is 1. The summed E-state index contributed by atoms with van der Waals surface area (Å²) in [6.07, 6.45) is 0. The summed E-state index contributed by atoms with van der Waals surface area (Å²) >= 11 is 4.14. The Morgan fingerprint density at radius 1 is 1.29 bits per heavy atom. The third-order valence-corrected chi connectivity index (χ3v) is 2.00. The van der Waals surface area contributed by atoms with Crippen molar-refractivity contribution in [3.05, 3.63) is 17.7 Å². The Morgan fingerprint density at radius 2 is 1.71 bits per heavy atom. The van der Waals surface area contributed by atoms with Crippen LogP contribution in [0.2, 0.25) is 0 Å². The molecule has 0 unspecified atom stereocenters. The van der Waals surface area contributed by atoms with E-state index in [9.17, 15) is 4.79 Å². The molecule has 14 heavy (non-hydrogen) atoms. The number of rotatable bonds is 3. The molecule has 0 aliphatic heterocycles. The SMILES string of the molecule is COc1cc(S)cc(OC)c1C(N)=O. The average Bonchev–Trinajstić information content (AvgIpc) is 2.15. The summed E-state index contributed by atoms with van der Waals surface area (Å²) in [5, 5.41) is 0. The topological polar surface area (TPSA) is 61.6 Å². The zero-order valence-corrected chi connectivity index (χ0v) is 8.80. The molecule has 0 fully saturated rings.